The van der Waals surface area contributed by atoms with Gasteiger partial charge in [-0.25, -0.2) is 4.79 Å². The molecule has 0 heterocycles. The Morgan fingerprint density at radius 2 is 2.00 bits per heavy atom. The predicted octanol–water partition coefficient (Wildman–Crippen LogP) is 2.53. The Labute approximate surface area is 107 Å². The van der Waals surface area contributed by atoms with E-state index in [4.69, 9.17) is 9.47 Å². The minimum absolute atomic E-state index is 0.140. The molecular formula is C14H18O4. The molecular weight excluding hydrogens is 232 g/mol. The zero-order chi connectivity index (χ0) is 13.8. The smallest absolute Gasteiger partial charge is 0.344 e. The second-order valence-corrected chi connectivity index (χ2v) is 5.02. The van der Waals surface area contributed by atoms with Crippen LogP contribution >= 0.6 is 0 Å². The molecule has 0 fully saturated rings. The average Bonchev–Trinajstić information content (AvgIpc) is 2.25. The number of aldehydes is 1. The third-order valence-corrected chi connectivity index (χ3v) is 2.10. The molecule has 0 aliphatic heterocycles. The van der Waals surface area contributed by atoms with Crippen molar-refractivity contribution in [1.29, 1.82) is 0 Å². The number of carbonyl (C=O) groups excluding carboxylic acids is 2. The SMILES string of the molecule is Cc1cc(C=O)ccc1OCC(=O)OC(C)(C)C. The minimum Gasteiger partial charge on any atom is -0.482 e. The van der Waals surface area contributed by atoms with Crippen LogP contribution in [0.15, 0.2) is 18.2 Å². The van der Waals surface area contributed by atoms with E-state index in [2.05, 4.69) is 0 Å². The van der Waals surface area contributed by atoms with Crippen LogP contribution in [0.2, 0.25) is 0 Å². The number of benzene rings is 1. The summed E-state index contributed by atoms with van der Waals surface area (Å²) in [6.07, 6.45) is 0.768. The first-order chi connectivity index (χ1) is 8.31. The van der Waals surface area contributed by atoms with Gasteiger partial charge in [-0.2, -0.15) is 0 Å². The van der Waals surface area contributed by atoms with E-state index in [0.29, 0.717) is 11.3 Å². The Kier molecular flexibility index (Phi) is 4.48. The normalized spacial score (nSPS) is 10.9. The van der Waals surface area contributed by atoms with Crippen LogP contribution < -0.4 is 4.74 Å². The van der Waals surface area contributed by atoms with Crippen LogP contribution in [0.25, 0.3) is 0 Å². The molecule has 0 N–H and O–H groups in total. The van der Waals surface area contributed by atoms with Crippen LogP contribution in [0.4, 0.5) is 0 Å². The minimum atomic E-state index is -0.517. The van der Waals surface area contributed by atoms with E-state index in [-0.39, 0.29) is 6.61 Å². The lowest BCUT2D eigenvalue weighted by molar-refractivity contribution is -0.157. The molecule has 1 rings (SSSR count). The third-order valence-electron chi connectivity index (χ3n) is 2.10. The fourth-order valence-corrected chi connectivity index (χ4v) is 1.42. The molecule has 0 aliphatic carbocycles. The van der Waals surface area contributed by atoms with E-state index in [1.54, 1.807) is 39.0 Å². The van der Waals surface area contributed by atoms with Crippen molar-refractivity contribution in [1.82, 2.24) is 0 Å². The monoisotopic (exact) mass is 250 g/mol. The second-order valence-electron chi connectivity index (χ2n) is 5.02. The van der Waals surface area contributed by atoms with Crippen LogP contribution in [0.5, 0.6) is 5.75 Å². The Morgan fingerprint density at radius 3 is 2.50 bits per heavy atom. The summed E-state index contributed by atoms with van der Waals surface area (Å²) in [5.74, 6) is 0.160. The van der Waals surface area contributed by atoms with Gasteiger partial charge >= 0.3 is 5.97 Å². The summed E-state index contributed by atoms with van der Waals surface area (Å²) < 4.78 is 10.5. The molecule has 0 bridgehead atoms. The van der Waals surface area contributed by atoms with Crippen LogP contribution in [0, 0.1) is 6.92 Å². The van der Waals surface area contributed by atoms with E-state index in [1.165, 1.54) is 0 Å². The Hall–Kier alpha value is -1.84. The number of hydrogen-bond donors (Lipinski definition) is 0. The maximum absolute atomic E-state index is 11.5. The number of esters is 1. The van der Waals surface area contributed by atoms with Crippen LogP contribution in [0.3, 0.4) is 0 Å². The third kappa shape index (κ3) is 4.57. The molecule has 98 valence electrons. The van der Waals surface area contributed by atoms with E-state index in [0.717, 1.165) is 11.8 Å². The molecule has 1 aromatic carbocycles. The van der Waals surface area contributed by atoms with Crippen LogP contribution in [0.1, 0.15) is 36.7 Å². The predicted molar refractivity (Wildman–Crippen MR) is 67.9 cm³/mol. The fourth-order valence-electron chi connectivity index (χ4n) is 1.42. The number of rotatable bonds is 4. The van der Waals surface area contributed by atoms with Crippen molar-refractivity contribution in [2.45, 2.75) is 33.3 Å². The molecule has 0 aliphatic rings. The van der Waals surface area contributed by atoms with Gasteiger partial charge in [-0.3, -0.25) is 4.79 Å². The van der Waals surface area contributed by atoms with Gasteiger partial charge in [0, 0.05) is 5.56 Å². The molecule has 0 aromatic heterocycles. The van der Waals surface area contributed by atoms with Crippen molar-refractivity contribution in [3.05, 3.63) is 29.3 Å². The Bertz CT molecular complexity index is 444. The van der Waals surface area contributed by atoms with Crippen molar-refractivity contribution >= 4 is 12.3 Å². The van der Waals surface area contributed by atoms with Crippen molar-refractivity contribution in [2.75, 3.05) is 6.61 Å². The zero-order valence-corrected chi connectivity index (χ0v) is 11.1. The molecule has 0 saturated carbocycles. The van der Waals surface area contributed by atoms with Crippen molar-refractivity contribution in [2.24, 2.45) is 0 Å². The van der Waals surface area contributed by atoms with Crippen LogP contribution in [-0.4, -0.2) is 24.5 Å². The van der Waals surface area contributed by atoms with Gasteiger partial charge in [-0.05, 0) is 51.5 Å². The summed E-state index contributed by atoms with van der Waals surface area (Å²) in [5, 5.41) is 0. The van der Waals surface area contributed by atoms with E-state index >= 15 is 0 Å². The summed E-state index contributed by atoms with van der Waals surface area (Å²) in [4.78, 5) is 22.0. The molecule has 0 saturated heterocycles. The summed E-state index contributed by atoms with van der Waals surface area (Å²) in [7, 11) is 0. The standard InChI is InChI=1S/C14H18O4/c1-10-7-11(8-15)5-6-12(10)17-9-13(16)18-14(2,3)4/h5-8H,9H2,1-4H3. The molecule has 0 radical (unpaired) electrons. The molecule has 0 atom stereocenters. The summed E-state index contributed by atoms with van der Waals surface area (Å²) in [6.45, 7) is 7.08. The van der Waals surface area contributed by atoms with Gasteiger partial charge in [-0.15, -0.1) is 0 Å². The lowest BCUT2D eigenvalue weighted by atomic mass is 10.1. The molecule has 4 nitrogen and oxygen atoms in total. The van der Waals surface area contributed by atoms with Gasteiger partial charge in [0.15, 0.2) is 6.61 Å². The highest BCUT2D eigenvalue weighted by atomic mass is 16.6. The Morgan fingerprint density at radius 1 is 1.33 bits per heavy atom. The first-order valence-electron chi connectivity index (χ1n) is 5.72. The maximum atomic E-state index is 11.5. The summed E-state index contributed by atoms with van der Waals surface area (Å²) in [6, 6.07) is 5.02. The number of carbonyl (C=O) groups is 2. The summed E-state index contributed by atoms with van der Waals surface area (Å²) in [5.41, 5.74) is 0.872. The molecule has 1 aromatic rings. The van der Waals surface area contributed by atoms with Gasteiger partial charge in [0.1, 0.15) is 17.6 Å². The molecule has 4 heteroatoms. The zero-order valence-electron chi connectivity index (χ0n) is 11.1. The lowest BCUT2D eigenvalue weighted by Gasteiger charge is -2.19. The van der Waals surface area contributed by atoms with Gasteiger partial charge in [-0.1, -0.05) is 0 Å². The highest BCUT2D eigenvalue weighted by molar-refractivity contribution is 5.75. The molecule has 0 amide bonds. The molecule has 0 spiro atoms. The van der Waals surface area contributed by atoms with Gasteiger partial charge in [0.25, 0.3) is 0 Å². The average molecular weight is 250 g/mol. The van der Waals surface area contributed by atoms with Gasteiger partial charge < -0.3 is 9.47 Å². The number of ether oxygens (including phenoxy) is 2. The largest absolute Gasteiger partial charge is 0.482 e. The number of hydrogen-bond acceptors (Lipinski definition) is 4. The highest BCUT2D eigenvalue weighted by Crippen LogP contribution is 2.18. The highest BCUT2D eigenvalue weighted by Gasteiger charge is 2.16. The van der Waals surface area contributed by atoms with E-state index in [9.17, 15) is 9.59 Å². The van der Waals surface area contributed by atoms with Crippen molar-refractivity contribution in [3.8, 4) is 5.75 Å². The molecule has 0 unspecified atom stereocenters. The van der Waals surface area contributed by atoms with Crippen LogP contribution in [-0.2, 0) is 9.53 Å². The van der Waals surface area contributed by atoms with E-state index in [1.807, 2.05) is 6.92 Å². The molecule has 18 heavy (non-hydrogen) atoms. The van der Waals surface area contributed by atoms with Crippen molar-refractivity contribution in [3.63, 3.8) is 0 Å². The number of aryl methyl sites for hydroxylation is 1. The van der Waals surface area contributed by atoms with Gasteiger partial charge in [0.2, 0.25) is 0 Å². The Balaban J connectivity index is 2.59. The first-order valence-corrected chi connectivity index (χ1v) is 5.72. The fraction of sp³-hybridized carbons (Fsp3) is 0.429. The van der Waals surface area contributed by atoms with Crippen molar-refractivity contribution < 1.29 is 19.1 Å². The first kappa shape index (κ1) is 14.2. The quantitative estimate of drug-likeness (QED) is 0.608. The van der Waals surface area contributed by atoms with Gasteiger partial charge in [0.05, 0.1) is 0 Å². The second kappa shape index (κ2) is 5.67. The topological polar surface area (TPSA) is 52.6 Å². The lowest BCUT2D eigenvalue weighted by Crippen LogP contribution is -2.27. The van der Waals surface area contributed by atoms with E-state index < -0.39 is 11.6 Å². The maximum Gasteiger partial charge on any atom is 0.344 e. The summed E-state index contributed by atoms with van der Waals surface area (Å²) >= 11 is 0.